The summed E-state index contributed by atoms with van der Waals surface area (Å²) < 4.78 is 0. The largest absolute Gasteiger partial charge is 0.396 e. The van der Waals surface area contributed by atoms with Crippen LogP contribution in [-0.4, -0.2) is 11.7 Å². The fourth-order valence-corrected chi connectivity index (χ4v) is 4.18. The van der Waals surface area contributed by atoms with Crippen molar-refractivity contribution in [2.24, 2.45) is 28.6 Å². The third kappa shape index (κ3) is 1.81. The van der Waals surface area contributed by atoms with Crippen LogP contribution in [-0.2, 0) is 0 Å². The summed E-state index contributed by atoms with van der Waals surface area (Å²) in [6.07, 6.45) is 6.73. The fraction of sp³-hybridized carbons (Fsp3) is 1.00. The lowest BCUT2D eigenvalue weighted by atomic mass is 9.69. The standard InChI is InChI=1S/C15H28O/c1-11(2)12-5-7-13(8-6-12)15(10-16)9-14(15,3)4/h11-13,16H,5-10H2,1-4H3. The molecule has 1 unspecified atom stereocenters. The van der Waals surface area contributed by atoms with Gasteiger partial charge in [0.25, 0.3) is 0 Å². The minimum atomic E-state index is 0.287. The zero-order valence-corrected chi connectivity index (χ0v) is 11.4. The maximum Gasteiger partial charge on any atom is 0.0495 e. The van der Waals surface area contributed by atoms with Crippen LogP contribution in [0, 0.1) is 28.6 Å². The van der Waals surface area contributed by atoms with Gasteiger partial charge in [0, 0.05) is 12.0 Å². The highest BCUT2D eigenvalue weighted by atomic mass is 16.3. The molecule has 0 spiro atoms. The maximum absolute atomic E-state index is 9.72. The quantitative estimate of drug-likeness (QED) is 0.772. The Hall–Kier alpha value is -0.0400. The van der Waals surface area contributed by atoms with Gasteiger partial charge in [0.2, 0.25) is 0 Å². The summed E-state index contributed by atoms with van der Waals surface area (Å²) >= 11 is 0. The SMILES string of the molecule is CC(C)C1CCC(C2(CO)CC2(C)C)CC1. The summed E-state index contributed by atoms with van der Waals surface area (Å²) in [6.45, 7) is 9.79. The molecule has 0 bridgehead atoms. The molecule has 0 radical (unpaired) electrons. The van der Waals surface area contributed by atoms with Crippen LogP contribution in [0.5, 0.6) is 0 Å². The second-order valence-electron chi connectivity index (χ2n) is 7.23. The summed E-state index contributed by atoms with van der Waals surface area (Å²) in [5.41, 5.74) is 0.687. The Balaban J connectivity index is 1.95. The predicted octanol–water partition coefficient (Wildman–Crippen LogP) is 3.86. The first kappa shape index (κ1) is 12.4. The normalized spacial score (nSPS) is 42.4. The van der Waals surface area contributed by atoms with Gasteiger partial charge in [0.15, 0.2) is 0 Å². The van der Waals surface area contributed by atoms with Crippen molar-refractivity contribution in [1.29, 1.82) is 0 Å². The van der Waals surface area contributed by atoms with Crippen LogP contribution in [0.4, 0.5) is 0 Å². The summed E-state index contributed by atoms with van der Waals surface area (Å²) in [4.78, 5) is 0. The van der Waals surface area contributed by atoms with Gasteiger partial charge in [-0.25, -0.2) is 0 Å². The molecule has 94 valence electrons. The first-order valence-electron chi connectivity index (χ1n) is 7.04. The van der Waals surface area contributed by atoms with Crippen molar-refractivity contribution < 1.29 is 5.11 Å². The minimum Gasteiger partial charge on any atom is -0.396 e. The maximum atomic E-state index is 9.72. The minimum absolute atomic E-state index is 0.287. The van der Waals surface area contributed by atoms with Crippen LogP contribution in [0.3, 0.4) is 0 Å². The summed E-state index contributed by atoms with van der Waals surface area (Å²) in [7, 11) is 0. The molecule has 0 aromatic rings. The Morgan fingerprint density at radius 1 is 1.12 bits per heavy atom. The average molecular weight is 224 g/mol. The molecule has 2 rings (SSSR count). The molecule has 1 atom stereocenters. The van der Waals surface area contributed by atoms with Gasteiger partial charge in [-0.1, -0.05) is 27.7 Å². The smallest absolute Gasteiger partial charge is 0.0495 e. The second-order valence-corrected chi connectivity index (χ2v) is 7.23. The van der Waals surface area contributed by atoms with Gasteiger partial charge >= 0.3 is 0 Å². The molecule has 2 aliphatic carbocycles. The van der Waals surface area contributed by atoms with E-state index >= 15 is 0 Å². The second kappa shape index (κ2) is 4.01. The van der Waals surface area contributed by atoms with Gasteiger partial charge in [-0.05, 0) is 55.3 Å². The molecule has 1 N–H and O–H groups in total. The van der Waals surface area contributed by atoms with E-state index < -0.39 is 0 Å². The first-order valence-corrected chi connectivity index (χ1v) is 7.04. The van der Waals surface area contributed by atoms with Crippen LogP contribution in [0.15, 0.2) is 0 Å². The van der Waals surface area contributed by atoms with Crippen LogP contribution in [0.2, 0.25) is 0 Å². The molecule has 0 aromatic heterocycles. The monoisotopic (exact) mass is 224 g/mol. The highest BCUT2D eigenvalue weighted by molar-refractivity contribution is 5.12. The van der Waals surface area contributed by atoms with E-state index in [0.29, 0.717) is 12.0 Å². The van der Waals surface area contributed by atoms with Crippen molar-refractivity contribution >= 4 is 0 Å². The van der Waals surface area contributed by atoms with E-state index in [2.05, 4.69) is 27.7 Å². The molecule has 0 saturated heterocycles. The van der Waals surface area contributed by atoms with E-state index in [0.717, 1.165) is 17.8 Å². The first-order chi connectivity index (χ1) is 7.43. The lowest BCUT2D eigenvalue weighted by molar-refractivity contribution is 0.0781. The Morgan fingerprint density at radius 2 is 1.62 bits per heavy atom. The van der Waals surface area contributed by atoms with Gasteiger partial charge < -0.3 is 5.11 Å². The van der Waals surface area contributed by atoms with Gasteiger partial charge in [-0.3, -0.25) is 0 Å². The highest BCUT2D eigenvalue weighted by Crippen LogP contribution is 2.69. The van der Waals surface area contributed by atoms with E-state index in [1.54, 1.807) is 0 Å². The van der Waals surface area contributed by atoms with E-state index in [-0.39, 0.29) is 5.41 Å². The highest BCUT2D eigenvalue weighted by Gasteiger charge is 2.64. The molecule has 0 heterocycles. The van der Waals surface area contributed by atoms with Crippen molar-refractivity contribution in [2.45, 2.75) is 59.8 Å². The molecular formula is C15H28O. The molecule has 2 aliphatic rings. The average Bonchev–Trinajstić information content (AvgIpc) is 2.82. The summed E-state index contributed by atoms with van der Waals surface area (Å²) in [6, 6.07) is 0. The van der Waals surface area contributed by atoms with Crippen LogP contribution < -0.4 is 0 Å². The number of hydrogen-bond acceptors (Lipinski definition) is 1. The van der Waals surface area contributed by atoms with E-state index in [1.807, 2.05) is 0 Å². The Bertz CT molecular complexity index is 248. The lowest BCUT2D eigenvalue weighted by Gasteiger charge is -2.36. The fourth-order valence-electron chi connectivity index (χ4n) is 4.18. The molecule has 0 amide bonds. The lowest BCUT2D eigenvalue weighted by Crippen LogP contribution is -2.30. The molecule has 16 heavy (non-hydrogen) atoms. The molecule has 1 heteroatoms. The molecular weight excluding hydrogens is 196 g/mol. The van der Waals surface area contributed by atoms with Crippen molar-refractivity contribution in [1.82, 2.24) is 0 Å². The van der Waals surface area contributed by atoms with Gasteiger partial charge in [0.1, 0.15) is 0 Å². The van der Waals surface area contributed by atoms with Crippen LogP contribution >= 0.6 is 0 Å². The Kier molecular flexibility index (Phi) is 3.11. The van der Waals surface area contributed by atoms with Gasteiger partial charge in [-0.15, -0.1) is 0 Å². The van der Waals surface area contributed by atoms with Crippen molar-refractivity contribution in [3.05, 3.63) is 0 Å². The van der Waals surface area contributed by atoms with Crippen LogP contribution in [0.1, 0.15) is 59.8 Å². The summed E-state index contributed by atoms with van der Waals surface area (Å²) in [5, 5.41) is 9.72. The molecule has 2 saturated carbocycles. The molecule has 1 nitrogen and oxygen atoms in total. The van der Waals surface area contributed by atoms with E-state index in [9.17, 15) is 5.11 Å². The Morgan fingerprint density at radius 3 is 1.94 bits per heavy atom. The number of rotatable bonds is 3. The molecule has 0 aromatic carbocycles. The van der Waals surface area contributed by atoms with E-state index in [4.69, 9.17) is 0 Å². The van der Waals surface area contributed by atoms with Gasteiger partial charge in [0.05, 0.1) is 0 Å². The zero-order valence-electron chi connectivity index (χ0n) is 11.4. The third-order valence-corrected chi connectivity index (χ3v) is 5.76. The van der Waals surface area contributed by atoms with Crippen LogP contribution in [0.25, 0.3) is 0 Å². The number of aliphatic hydroxyl groups excluding tert-OH is 1. The topological polar surface area (TPSA) is 20.2 Å². The number of hydrogen-bond donors (Lipinski definition) is 1. The third-order valence-electron chi connectivity index (χ3n) is 5.76. The molecule has 2 fully saturated rings. The molecule has 0 aliphatic heterocycles. The van der Waals surface area contributed by atoms with Crippen molar-refractivity contribution in [3.8, 4) is 0 Å². The zero-order chi connectivity index (χ0) is 12.0. The Labute approximate surface area is 101 Å². The number of aliphatic hydroxyl groups is 1. The van der Waals surface area contributed by atoms with Gasteiger partial charge in [-0.2, -0.15) is 0 Å². The summed E-state index contributed by atoms with van der Waals surface area (Å²) in [5.74, 6) is 2.58. The van der Waals surface area contributed by atoms with Crippen molar-refractivity contribution in [3.63, 3.8) is 0 Å². The van der Waals surface area contributed by atoms with Crippen molar-refractivity contribution in [2.75, 3.05) is 6.61 Å². The van der Waals surface area contributed by atoms with E-state index in [1.165, 1.54) is 32.1 Å². The predicted molar refractivity (Wildman–Crippen MR) is 68.2 cm³/mol.